The molecule has 0 aliphatic heterocycles. The molecule has 4 heteroatoms. The third kappa shape index (κ3) is 1.92. The number of hydrogen-bond acceptors (Lipinski definition) is 4. The summed E-state index contributed by atoms with van der Waals surface area (Å²) in [6, 6.07) is 0. The zero-order valence-corrected chi connectivity index (χ0v) is 15.8. The smallest absolute Gasteiger partial charge is 0.311 e. The summed E-state index contributed by atoms with van der Waals surface area (Å²) in [4.78, 5) is 25.1. The number of rotatable bonds is 1. The van der Waals surface area contributed by atoms with Gasteiger partial charge >= 0.3 is 5.97 Å². The van der Waals surface area contributed by atoms with Crippen LogP contribution in [0.2, 0.25) is 0 Å². The van der Waals surface area contributed by atoms with Gasteiger partial charge < -0.3 is 9.84 Å². The third-order valence-electron chi connectivity index (χ3n) is 8.58. The van der Waals surface area contributed by atoms with E-state index in [1.165, 1.54) is 12.7 Å². The number of ether oxygens (including phenoxy) is 1. The fourth-order valence-electron chi connectivity index (χ4n) is 7.32. The van der Waals surface area contributed by atoms with E-state index in [0.717, 1.165) is 38.5 Å². The van der Waals surface area contributed by atoms with Gasteiger partial charge in [0.05, 0.1) is 18.6 Å². The topological polar surface area (TPSA) is 63.6 Å². The van der Waals surface area contributed by atoms with E-state index in [1.807, 2.05) is 13.0 Å². The minimum Gasteiger partial charge on any atom is -0.469 e. The molecule has 1 unspecified atom stereocenters. The molecule has 3 fully saturated rings. The van der Waals surface area contributed by atoms with Crippen molar-refractivity contribution in [3.63, 3.8) is 0 Å². The van der Waals surface area contributed by atoms with E-state index in [2.05, 4.69) is 13.8 Å². The highest BCUT2D eigenvalue weighted by atomic mass is 16.5. The number of carbonyl (C=O) groups excluding carboxylic acids is 2. The average molecular weight is 346 g/mol. The second-order valence-electron chi connectivity index (χ2n) is 9.54. The van der Waals surface area contributed by atoms with Crippen molar-refractivity contribution in [1.29, 1.82) is 0 Å². The Morgan fingerprint density at radius 3 is 2.68 bits per heavy atom. The molecule has 138 valence electrons. The van der Waals surface area contributed by atoms with Crippen molar-refractivity contribution in [2.45, 2.75) is 65.4 Å². The number of fused-ring (bicyclic) bond motifs is 1. The Bertz CT molecular complexity index is 667. The van der Waals surface area contributed by atoms with Crippen LogP contribution < -0.4 is 0 Å². The first-order chi connectivity index (χ1) is 11.7. The van der Waals surface area contributed by atoms with Gasteiger partial charge in [-0.25, -0.2) is 0 Å². The molecule has 4 aliphatic carbocycles. The van der Waals surface area contributed by atoms with Gasteiger partial charge in [0.1, 0.15) is 0 Å². The number of allylic oxidation sites excluding steroid dienone is 1. The Balaban J connectivity index is 1.89. The van der Waals surface area contributed by atoms with Crippen molar-refractivity contribution in [3.8, 4) is 0 Å². The van der Waals surface area contributed by atoms with Gasteiger partial charge in [0.15, 0.2) is 5.78 Å². The van der Waals surface area contributed by atoms with Crippen LogP contribution in [-0.2, 0) is 14.3 Å². The van der Waals surface area contributed by atoms with Gasteiger partial charge in [0.2, 0.25) is 0 Å². The maximum absolute atomic E-state index is 12.7. The van der Waals surface area contributed by atoms with E-state index < -0.39 is 11.5 Å². The molecule has 25 heavy (non-hydrogen) atoms. The van der Waals surface area contributed by atoms with Gasteiger partial charge in [0, 0.05) is 17.3 Å². The van der Waals surface area contributed by atoms with Crippen LogP contribution in [0, 0.1) is 34.0 Å². The number of esters is 1. The normalized spacial score (nSPS) is 51.4. The number of hydrogen-bond donors (Lipinski definition) is 1. The van der Waals surface area contributed by atoms with Gasteiger partial charge in [-0.2, -0.15) is 0 Å². The molecule has 0 amide bonds. The first-order valence-electron chi connectivity index (χ1n) is 9.72. The van der Waals surface area contributed by atoms with Crippen LogP contribution in [-0.4, -0.2) is 30.1 Å². The Morgan fingerprint density at radius 1 is 1.28 bits per heavy atom. The highest BCUT2D eigenvalue weighted by Crippen LogP contribution is 2.74. The largest absolute Gasteiger partial charge is 0.469 e. The molecule has 7 atom stereocenters. The minimum absolute atomic E-state index is 0.00316. The van der Waals surface area contributed by atoms with E-state index in [9.17, 15) is 14.7 Å². The second-order valence-corrected chi connectivity index (χ2v) is 9.54. The van der Waals surface area contributed by atoms with E-state index in [0.29, 0.717) is 0 Å². The molecule has 3 saturated carbocycles. The molecule has 0 saturated heterocycles. The molecule has 4 nitrogen and oxygen atoms in total. The van der Waals surface area contributed by atoms with Crippen LogP contribution >= 0.6 is 0 Å². The molecule has 0 heterocycles. The van der Waals surface area contributed by atoms with Gasteiger partial charge in [-0.3, -0.25) is 9.59 Å². The predicted molar refractivity (Wildman–Crippen MR) is 93.6 cm³/mol. The first kappa shape index (κ1) is 17.3. The highest BCUT2D eigenvalue weighted by Gasteiger charge is 2.70. The summed E-state index contributed by atoms with van der Waals surface area (Å²) in [5.74, 6) is 0.313. The molecular weight excluding hydrogens is 316 g/mol. The summed E-state index contributed by atoms with van der Waals surface area (Å²) in [5.41, 5.74) is 0.496. The monoisotopic (exact) mass is 346 g/mol. The average Bonchev–Trinajstić information content (AvgIpc) is 2.78. The van der Waals surface area contributed by atoms with E-state index >= 15 is 0 Å². The Hall–Kier alpha value is -1.16. The molecule has 2 bridgehead atoms. The minimum atomic E-state index is -0.493. The molecule has 0 aromatic heterocycles. The fraction of sp³-hybridized carbons (Fsp3) is 0.810. The van der Waals surface area contributed by atoms with Gasteiger partial charge in [-0.1, -0.05) is 25.8 Å². The SMILES string of the molecule is COC(=O)[C@]1(C)CCC[C@@]2(C)[C@H]1C[C@@H]1C3=CC(=O)C(C)C[C@@]32C[C@@H]1O. The summed E-state index contributed by atoms with van der Waals surface area (Å²) in [6.07, 6.45) is 6.72. The summed E-state index contributed by atoms with van der Waals surface area (Å²) >= 11 is 0. The van der Waals surface area contributed by atoms with Crippen molar-refractivity contribution < 1.29 is 19.4 Å². The highest BCUT2D eigenvalue weighted by molar-refractivity contribution is 5.94. The van der Waals surface area contributed by atoms with Crippen LogP contribution in [0.4, 0.5) is 0 Å². The number of aliphatic hydroxyl groups is 1. The zero-order chi connectivity index (χ0) is 18.2. The third-order valence-corrected chi connectivity index (χ3v) is 8.58. The first-order valence-corrected chi connectivity index (χ1v) is 9.72. The lowest BCUT2D eigenvalue weighted by molar-refractivity contribution is -0.175. The summed E-state index contributed by atoms with van der Waals surface area (Å²) in [6.45, 7) is 6.40. The van der Waals surface area contributed by atoms with Gasteiger partial charge in [-0.15, -0.1) is 0 Å². The van der Waals surface area contributed by atoms with E-state index in [-0.39, 0.29) is 40.3 Å². The predicted octanol–water partition coefficient (Wildman–Crippen LogP) is 3.28. The Labute approximate surface area is 150 Å². The molecule has 0 radical (unpaired) electrons. The molecule has 1 N–H and O–H groups in total. The quantitative estimate of drug-likeness (QED) is 0.740. The van der Waals surface area contributed by atoms with E-state index in [1.54, 1.807) is 0 Å². The van der Waals surface area contributed by atoms with Gasteiger partial charge in [0.25, 0.3) is 0 Å². The van der Waals surface area contributed by atoms with Crippen molar-refractivity contribution in [2.24, 2.45) is 34.0 Å². The van der Waals surface area contributed by atoms with Gasteiger partial charge in [-0.05, 0) is 56.4 Å². The van der Waals surface area contributed by atoms with E-state index in [4.69, 9.17) is 4.74 Å². The zero-order valence-electron chi connectivity index (χ0n) is 15.8. The van der Waals surface area contributed by atoms with Crippen LogP contribution in [0.1, 0.15) is 59.3 Å². The summed E-state index contributed by atoms with van der Waals surface area (Å²) in [7, 11) is 1.48. The van der Waals surface area contributed by atoms with Crippen molar-refractivity contribution >= 4 is 11.8 Å². The molecule has 0 aromatic rings. The van der Waals surface area contributed by atoms with Crippen molar-refractivity contribution in [2.75, 3.05) is 7.11 Å². The summed E-state index contributed by atoms with van der Waals surface area (Å²) in [5, 5.41) is 10.9. The molecule has 4 aliphatic rings. The lowest BCUT2D eigenvalue weighted by Gasteiger charge is -2.63. The van der Waals surface area contributed by atoms with Crippen LogP contribution in [0.25, 0.3) is 0 Å². The molecular formula is C21H30O4. The maximum Gasteiger partial charge on any atom is 0.311 e. The lowest BCUT2D eigenvalue weighted by Crippen LogP contribution is -2.59. The Morgan fingerprint density at radius 2 is 2.00 bits per heavy atom. The van der Waals surface area contributed by atoms with Crippen molar-refractivity contribution in [3.05, 3.63) is 11.6 Å². The second kappa shape index (κ2) is 5.18. The Kier molecular flexibility index (Phi) is 3.58. The van der Waals surface area contributed by atoms with Crippen LogP contribution in [0.15, 0.2) is 11.6 Å². The maximum atomic E-state index is 12.7. The molecule has 0 aromatic carbocycles. The summed E-state index contributed by atoms with van der Waals surface area (Å²) < 4.78 is 5.21. The number of carbonyl (C=O) groups is 2. The molecule has 4 rings (SSSR count). The van der Waals surface area contributed by atoms with Crippen molar-refractivity contribution in [1.82, 2.24) is 0 Å². The molecule has 0 spiro atoms. The standard InChI is InChI=1S/C21H30O4/c1-12-10-21-11-16(23)13(14(21)9-15(12)22)8-17-19(2,18(24)25-4)6-5-7-20(17,21)3/h9,12-13,16-17,23H,5-8,10-11H2,1-4H3/t12?,13-,16+,17+,19-,20+,21-/m1/s1. The number of aliphatic hydroxyl groups excluding tert-OH is 1. The van der Waals surface area contributed by atoms with Crippen LogP contribution in [0.5, 0.6) is 0 Å². The lowest BCUT2D eigenvalue weighted by atomic mass is 9.40. The fourth-order valence-corrected chi connectivity index (χ4v) is 7.32. The van der Waals surface area contributed by atoms with Crippen LogP contribution in [0.3, 0.4) is 0 Å². The number of methoxy groups -OCH3 is 1. The number of ketones is 1.